The number of anilines is 3. The van der Waals surface area contributed by atoms with E-state index in [2.05, 4.69) is 52.2 Å². The minimum atomic E-state index is 0.860. The molecule has 2 heterocycles. The summed E-state index contributed by atoms with van der Waals surface area (Å²) >= 11 is 0. The molecule has 1 fully saturated rings. The molecular formula is C16H20N4. The van der Waals surface area contributed by atoms with Crippen LogP contribution in [-0.2, 0) is 0 Å². The van der Waals surface area contributed by atoms with E-state index >= 15 is 0 Å². The molecule has 0 aliphatic carbocycles. The molecule has 0 radical (unpaired) electrons. The number of benzene rings is 1. The maximum atomic E-state index is 4.38. The molecule has 1 saturated heterocycles. The first-order chi connectivity index (χ1) is 9.74. The van der Waals surface area contributed by atoms with Crippen LogP contribution in [0.25, 0.3) is 0 Å². The van der Waals surface area contributed by atoms with Gasteiger partial charge in [-0.3, -0.25) is 0 Å². The second-order valence-electron chi connectivity index (χ2n) is 5.35. The van der Waals surface area contributed by atoms with E-state index in [4.69, 9.17) is 0 Å². The Labute approximate surface area is 119 Å². The third-order valence-corrected chi connectivity index (χ3v) is 3.82. The lowest BCUT2D eigenvalue weighted by atomic mass is 10.1. The van der Waals surface area contributed by atoms with Gasteiger partial charge >= 0.3 is 0 Å². The summed E-state index contributed by atoms with van der Waals surface area (Å²) in [6.45, 7) is 6.41. The second kappa shape index (κ2) is 5.49. The zero-order chi connectivity index (χ0) is 13.9. The van der Waals surface area contributed by atoms with E-state index in [0.717, 1.165) is 30.4 Å². The molecule has 0 saturated carbocycles. The van der Waals surface area contributed by atoms with Crippen LogP contribution >= 0.6 is 0 Å². The number of aryl methyl sites for hydroxylation is 2. The minimum Gasteiger partial charge on any atom is -0.356 e. The predicted octanol–water partition coefficient (Wildman–Crippen LogP) is 3.44. The van der Waals surface area contributed by atoms with Crippen molar-refractivity contribution in [2.75, 3.05) is 23.3 Å². The first-order valence-corrected chi connectivity index (χ1v) is 7.14. The highest BCUT2D eigenvalue weighted by Crippen LogP contribution is 2.25. The molecule has 104 valence electrons. The van der Waals surface area contributed by atoms with Crippen LogP contribution in [0.15, 0.2) is 30.6 Å². The maximum Gasteiger partial charge on any atom is 0.135 e. The van der Waals surface area contributed by atoms with E-state index in [9.17, 15) is 0 Å². The molecule has 1 aliphatic rings. The van der Waals surface area contributed by atoms with Crippen LogP contribution in [0, 0.1) is 13.8 Å². The van der Waals surface area contributed by atoms with Crippen LogP contribution in [0.5, 0.6) is 0 Å². The lowest BCUT2D eigenvalue weighted by molar-refractivity contribution is 0.928. The van der Waals surface area contributed by atoms with Crippen molar-refractivity contribution >= 4 is 17.3 Å². The zero-order valence-electron chi connectivity index (χ0n) is 12.1. The maximum absolute atomic E-state index is 4.38. The lowest BCUT2D eigenvalue weighted by Gasteiger charge is -2.17. The quantitative estimate of drug-likeness (QED) is 0.926. The number of rotatable bonds is 3. The Hall–Kier alpha value is -2.10. The number of hydrogen-bond donors (Lipinski definition) is 1. The second-order valence-corrected chi connectivity index (χ2v) is 5.35. The molecule has 0 atom stereocenters. The summed E-state index contributed by atoms with van der Waals surface area (Å²) in [6.07, 6.45) is 4.15. The van der Waals surface area contributed by atoms with E-state index in [-0.39, 0.29) is 0 Å². The topological polar surface area (TPSA) is 41.0 Å². The molecule has 1 aromatic carbocycles. The Bertz CT molecular complexity index is 583. The summed E-state index contributed by atoms with van der Waals surface area (Å²) in [5.41, 5.74) is 3.59. The molecule has 4 heteroatoms. The van der Waals surface area contributed by atoms with Gasteiger partial charge in [0.2, 0.25) is 0 Å². The van der Waals surface area contributed by atoms with Gasteiger partial charge in [-0.2, -0.15) is 0 Å². The highest BCUT2D eigenvalue weighted by molar-refractivity contribution is 5.65. The Morgan fingerprint density at radius 3 is 2.45 bits per heavy atom. The number of nitrogens with zero attached hydrogens (tertiary/aromatic N) is 3. The molecule has 20 heavy (non-hydrogen) atoms. The van der Waals surface area contributed by atoms with Crippen molar-refractivity contribution in [3.63, 3.8) is 0 Å². The molecule has 0 amide bonds. The van der Waals surface area contributed by atoms with Crippen molar-refractivity contribution in [3.8, 4) is 0 Å². The summed E-state index contributed by atoms with van der Waals surface area (Å²) in [5.74, 6) is 1.88. The van der Waals surface area contributed by atoms with Gasteiger partial charge in [0.15, 0.2) is 0 Å². The fourth-order valence-electron chi connectivity index (χ4n) is 2.67. The van der Waals surface area contributed by atoms with Crippen molar-refractivity contribution < 1.29 is 0 Å². The average Bonchev–Trinajstić information content (AvgIpc) is 2.98. The third kappa shape index (κ3) is 2.59. The normalized spacial score (nSPS) is 14.6. The smallest absolute Gasteiger partial charge is 0.135 e. The summed E-state index contributed by atoms with van der Waals surface area (Å²) in [7, 11) is 0. The van der Waals surface area contributed by atoms with Gasteiger partial charge in [-0.15, -0.1) is 0 Å². The fraction of sp³-hybridized carbons (Fsp3) is 0.375. The van der Waals surface area contributed by atoms with Crippen molar-refractivity contribution in [1.29, 1.82) is 0 Å². The van der Waals surface area contributed by atoms with Gasteiger partial charge < -0.3 is 10.2 Å². The Kier molecular flexibility index (Phi) is 3.54. The summed E-state index contributed by atoms with van der Waals surface area (Å²) in [5, 5.41) is 3.43. The number of nitrogens with one attached hydrogen (secondary N) is 1. The number of aromatic nitrogens is 2. The minimum absolute atomic E-state index is 0.860. The molecular weight excluding hydrogens is 248 g/mol. The van der Waals surface area contributed by atoms with Gasteiger partial charge in [0.1, 0.15) is 18.0 Å². The van der Waals surface area contributed by atoms with Gasteiger partial charge in [0.05, 0.1) is 0 Å². The summed E-state index contributed by atoms with van der Waals surface area (Å²) in [6, 6.07) is 8.33. The van der Waals surface area contributed by atoms with Gasteiger partial charge in [-0.05, 0) is 37.8 Å². The first-order valence-electron chi connectivity index (χ1n) is 7.14. The van der Waals surface area contributed by atoms with Crippen LogP contribution in [-0.4, -0.2) is 23.1 Å². The molecule has 4 nitrogen and oxygen atoms in total. The third-order valence-electron chi connectivity index (χ3n) is 3.82. The van der Waals surface area contributed by atoms with Crippen LogP contribution in [0.1, 0.15) is 24.0 Å². The van der Waals surface area contributed by atoms with Gasteiger partial charge in [-0.25, -0.2) is 9.97 Å². The Morgan fingerprint density at radius 1 is 1.05 bits per heavy atom. The number of para-hydroxylation sites is 1. The van der Waals surface area contributed by atoms with Crippen LogP contribution in [0.4, 0.5) is 17.3 Å². The highest BCUT2D eigenvalue weighted by atomic mass is 15.2. The monoisotopic (exact) mass is 268 g/mol. The lowest BCUT2D eigenvalue weighted by Crippen LogP contribution is -2.19. The molecule has 0 spiro atoms. The van der Waals surface area contributed by atoms with Crippen LogP contribution in [0.2, 0.25) is 0 Å². The first kappa shape index (κ1) is 12.9. The summed E-state index contributed by atoms with van der Waals surface area (Å²) < 4.78 is 0. The molecule has 2 aromatic rings. The Morgan fingerprint density at radius 2 is 1.75 bits per heavy atom. The molecule has 0 bridgehead atoms. The fourth-order valence-corrected chi connectivity index (χ4v) is 2.67. The van der Waals surface area contributed by atoms with Gasteiger partial charge in [0, 0.05) is 24.8 Å². The SMILES string of the molecule is Cc1cccc(C)c1Nc1cc(N2CCCC2)ncn1. The van der Waals surface area contributed by atoms with Gasteiger partial charge in [0.25, 0.3) is 0 Å². The van der Waals surface area contributed by atoms with E-state index in [0.29, 0.717) is 0 Å². The van der Waals surface area contributed by atoms with E-state index in [1.807, 2.05) is 6.07 Å². The highest BCUT2D eigenvalue weighted by Gasteiger charge is 2.14. The van der Waals surface area contributed by atoms with Crippen LogP contribution in [0.3, 0.4) is 0 Å². The standard InChI is InChI=1S/C16H20N4/c1-12-6-5-7-13(2)16(12)19-14-10-15(18-11-17-14)20-8-3-4-9-20/h5-7,10-11H,3-4,8-9H2,1-2H3,(H,17,18,19). The average molecular weight is 268 g/mol. The van der Waals surface area contributed by atoms with Crippen LogP contribution < -0.4 is 10.2 Å². The molecule has 0 unspecified atom stereocenters. The van der Waals surface area contributed by atoms with Crippen molar-refractivity contribution in [1.82, 2.24) is 9.97 Å². The molecule has 1 aliphatic heterocycles. The number of hydrogen-bond acceptors (Lipinski definition) is 4. The van der Waals surface area contributed by atoms with E-state index < -0.39 is 0 Å². The predicted molar refractivity (Wildman–Crippen MR) is 82.7 cm³/mol. The zero-order valence-corrected chi connectivity index (χ0v) is 12.1. The largest absolute Gasteiger partial charge is 0.356 e. The van der Waals surface area contributed by atoms with Crippen molar-refractivity contribution in [3.05, 3.63) is 41.7 Å². The van der Waals surface area contributed by atoms with E-state index in [1.54, 1.807) is 6.33 Å². The summed E-state index contributed by atoms with van der Waals surface area (Å²) in [4.78, 5) is 11.0. The van der Waals surface area contributed by atoms with E-state index in [1.165, 1.54) is 24.0 Å². The molecule has 3 rings (SSSR count). The molecule has 1 aromatic heterocycles. The molecule has 1 N–H and O–H groups in total. The Balaban J connectivity index is 1.85. The van der Waals surface area contributed by atoms with Gasteiger partial charge in [-0.1, -0.05) is 18.2 Å². The van der Waals surface area contributed by atoms with Crippen molar-refractivity contribution in [2.45, 2.75) is 26.7 Å². The van der Waals surface area contributed by atoms with Crippen molar-refractivity contribution in [2.24, 2.45) is 0 Å².